The number of halogens is 1. The first-order chi connectivity index (χ1) is 14.5. The molecule has 2 aromatic heterocycles. The van der Waals surface area contributed by atoms with Crippen LogP contribution in [0.1, 0.15) is 27.7 Å². The summed E-state index contributed by atoms with van der Waals surface area (Å²) in [7, 11) is 0. The number of rotatable bonds is 6. The molecular formula is C22H18ClN3O3S. The average molecular weight is 440 g/mol. The van der Waals surface area contributed by atoms with Gasteiger partial charge in [0.1, 0.15) is 11.9 Å². The van der Waals surface area contributed by atoms with Crippen molar-refractivity contribution in [2.75, 3.05) is 6.54 Å². The molecule has 152 valence electrons. The number of aromatic nitrogens is 2. The summed E-state index contributed by atoms with van der Waals surface area (Å²) in [6.07, 6.45) is 6.72. The minimum Gasteiger partial charge on any atom is -0.486 e. The number of Topliss-reactive ketones (excluding diaryl/α,β-unsaturated/α-hetero) is 1. The van der Waals surface area contributed by atoms with Gasteiger partial charge in [0.2, 0.25) is 5.91 Å². The Morgan fingerprint density at radius 2 is 2.17 bits per heavy atom. The predicted octanol–water partition coefficient (Wildman–Crippen LogP) is 4.19. The lowest BCUT2D eigenvalue weighted by Gasteiger charge is -2.11. The van der Waals surface area contributed by atoms with E-state index >= 15 is 0 Å². The van der Waals surface area contributed by atoms with Gasteiger partial charge in [-0.3, -0.25) is 9.59 Å². The molecule has 0 bridgehead atoms. The molecule has 0 spiro atoms. The van der Waals surface area contributed by atoms with Crippen LogP contribution in [0.15, 0.2) is 48.8 Å². The molecule has 30 heavy (non-hydrogen) atoms. The second-order valence-corrected chi connectivity index (χ2v) is 8.36. The number of nitrogens with zero attached hydrogens (tertiary/aromatic N) is 2. The number of amides is 1. The number of ketones is 1. The van der Waals surface area contributed by atoms with E-state index in [-0.39, 0.29) is 17.8 Å². The maximum Gasteiger partial charge on any atom is 0.244 e. The maximum atomic E-state index is 12.1. The third-order valence-electron chi connectivity index (χ3n) is 4.63. The number of fused-ring (bicyclic) bond motifs is 1. The highest BCUT2D eigenvalue weighted by molar-refractivity contribution is 7.17. The van der Waals surface area contributed by atoms with Crippen molar-refractivity contribution in [3.05, 3.63) is 69.8 Å². The molecule has 0 saturated carbocycles. The molecule has 0 radical (unpaired) electrons. The van der Waals surface area contributed by atoms with Crippen LogP contribution < -0.4 is 10.1 Å². The summed E-state index contributed by atoms with van der Waals surface area (Å²) >= 11 is 7.89. The van der Waals surface area contributed by atoms with Crippen LogP contribution >= 0.6 is 22.9 Å². The van der Waals surface area contributed by atoms with Gasteiger partial charge in [0, 0.05) is 22.9 Å². The van der Waals surface area contributed by atoms with Gasteiger partial charge in [0.05, 0.1) is 28.8 Å². The van der Waals surface area contributed by atoms with Crippen molar-refractivity contribution in [3.63, 3.8) is 0 Å². The fraction of sp³-hybridized carbons (Fsp3) is 0.182. The summed E-state index contributed by atoms with van der Waals surface area (Å²) in [5, 5.41) is 10.8. The number of hydrogen-bond acceptors (Lipinski definition) is 6. The van der Waals surface area contributed by atoms with E-state index in [2.05, 4.69) is 15.5 Å². The summed E-state index contributed by atoms with van der Waals surface area (Å²) in [6, 6.07) is 9.41. The molecule has 0 aliphatic carbocycles. The highest BCUT2D eigenvalue weighted by Gasteiger charge is 2.26. The summed E-state index contributed by atoms with van der Waals surface area (Å²) in [4.78, 5) is 25.3. The lowest BCUT2D eigenvalue weighted by molar-refractivity contribution is -0.116. The number of thiophene rings is 1. The Labute approximate surface area is 182 Å². The molecule has 1 unspecified atom stereocenters. The number of ether oxygens (including phenoxy) is 1. The van der Waals surface area contributed by atoms with Gasteiger partial charge in [-0.05, 0) is 54.5 Å². The van der Waals surface area contributed by atoms with Gasteiger partial charge in [-0.2, -0.15) is 10.2 Å². The first-order valence-electron chi connectivity index (χ1n) is 9.32. The monoisotopic (exact) mass is 439 g/mol. The Morgan fingerprint density at radius 1 is 1.30 bits per heavy atom. The van der Waals surface area contributed by atoms with Crippen LogP contribution in [0, 0.1) is 0 Å². The van der Waals surface area contributed by atoms with E-state index in [0.717, 1.165) is 21.6 Å². The van der Waals surface area contributed by atoms with Gasteiger partial charge in [0.25, 0.3) is 0 Å². The van der Waals surface area contributed by atoms with E-state index in [0.29, 0.717) is 28.6 Å². The van der Waals surface area contributed by atoms with E-state index < -0.39 is 0 Å². The number of nitrogens with one attached hydrogen (secondary N) is 1. The molecule has 8 heteroatoms. The van der Waals surface area contributed by atoms with Crippen molar-refractivity contribution < 1.29 is 14.3 Å². The van der Waals surface area contributed by atoms with E-state index in [1.165, 1.54) is 17.4 Å². The molecule has 1 aliphatic heterocycles. The van der Waals surface area contributed by atoms with Crippen LogP contribution in [0.2, 0.25) is 5.02 Å². The largest absolute Gasteiger partial charge is 0.486 e. The van der Waals surface area contributed by atoms with Gasteiger partial charge in [-0.1, -0.05) is 11.6 Å². The Kier molecular flexibility index (Phi) is 5.92. The van der Waals surface area contributed by atoms with Crippen LogP contribution in [-0.4, -0.2) is 34.5 Å². The summed E-state index contributed by atoms with van der Waals surface area (Å²) in [5.41, 5.74) is 2.75. The van der Waals surface area contributed by atoms with Crippen molar-refractivity contribution in [2.24, 2.45) is 0 Å². The maximum absolute atomic E-state index is 12.1. The SMILES string of the molecule is CC(=O)c1ccc(-c2cc(Cl)c3c(c2)CC(CNC(=O)C=Cc2ccnnc2)O3)s1. The molecule has 1 N–H and O–H groups in total. The Bertz CT molecular complexity index is 1130. The fourth-order valence-corrected chi connectivity index (χ4v) is 4.34. The Balaban J connectivity index is 1.39. The van der Waals surface area contributed by atoms with Crippen molar-refractivity contribution in [3.8, 4) is 16.2 Å². The van der Waals surface area contributed by atoms with Gasteiger partial charge in [0.15, 0.2) is 5.78 Å². The Hall–Kier alpha value is -3.03. The van der Waals surface area contributed by atoms with Crippen LogP contribution in [0.5, 0.6) is 5.75 Å². The molecule has 3 heterocycles. The van der Waals surface area contributed by atoms with E-state index in [4.69, 9.17) is 16.3 Å². The summed E-state index contributed by atoms with van der Waals surface area (Å²) < 4.78 is 5.95. The zero-order chi connectivity index (χ0) is 21.1. The summed E-state index contributed by atoms with van der Waals surface area (Å²) in [5.74, 6) is 0.488. The molecule has 1 atom stereocenters. The molecule has 3 aromatic rings. The van der Waals surface area contributed by atoms with E-state index in [9.17, 15) is 9.59 Å². The second-order valence-electron chi connectivity index (χ2n) is 6.86. The third kappa shape index (κ3) is 4.58. The second kappa shape index (κ2) is 8.77. The molecule has 1 amide bonds. The van der Waals surface area contributed by atoms with Gasteiger partial charge in [-0.15, -0.1) is 11.3 Å². The van der Waals surface area contributed by atoms with Crippen molar-refractivity contribution >= 4 is 40.7 Å². The van der Waals surface area contributed by atoms with Crippen molar-refractivity contribution in [1.29, 1.82) is 0 Å². The third-order valence-corrected chi connectivity index (χ3v) is 6.14. The van der Waals surface area contributed by atoms with Crippen molar-refractivity contribution in [1.82, 2.24) is 15.5 Å². The topological polar surface area (TPSA) is 81.2 Å². The molecule has 6 nitrogen and oxygen atoms in total. The molecule has 1 aromatic carbocycles. The minimum atomic E-state index is -0.214. The van der Waals surface area contributed by atoms with E-state index in [1.807, 2.05) is 24.3 Å². The lowest BCUT2D eigenvalue weighted by atomic mass is 10.1. The standard InChI is InChI=1S/C22H18ClN3O3S/c1-13(27)19-3-4-20(30-19)15-8-16-9-17(29-22(16)18(23)10-15)12-24-21(28)5-2-14-6-7-25-26-11-14/h2-8,10-11,17H,9,12H2,1H3,(H,24,28). The fourth-order valence-electron chi connectivity index (χ4n) is 3.17. The van der Waals surface area contributed by atoms with Crippen LogP contribution in [0.25, 0.3) is 16.5 Å². The molecule has 1 aliphatic rings. The van der Waals surface area contributed by atoms with Gasteiger partial charge >= 0.3 is 0 Å². The number of carbonyl (C=O) groups excluding carboxylic acids is 2. The smallest absolute Gasteiger partial charge is 0.244 e. The van der Waals surface area contributed by atoms with Crippen LogP contribution in [0.3, 0.4) is 0 Å². The van der Waals surface area contributed by atoms with Crippen LogP contribution in [0.4, 0.5) is 0 Å². The molecule has 0 saturated heterocycles. The van der Waals surface area contributed by atoms with Crippen LogP contribution in [-0.2, 0) is 11.2 Å². The van der Waals surface area contributed by atoms with Gasteiger partial charge < -0.3 is 10.1 Å². The Morgan fingerprint density at radius 3 is 2.90 bits per heavy atom. The highest BCUT2D eigenvalue weighted by atomic mass is 35.5. The predicted molar refractivity (Wildman–Crippen MR) is 117 cm³/mol. The zero-order valence-corrected chi connectivity index (χ0v) is 17.7. The van der Waals surface area contributed by atoms with Gasteiger partial charge in [-0.25, -0.2) is 0 Å². The molecular weight excluding hydrogens is 422 g/mol. The number of benzene rings is 1. The lowest BCUT2D eigenvalue weighted by Crippen LogP contribution is -2.33. The summed E-state index contributed by atoms with van der Waals surface area (Å²) in [6.45, 7) is 1.92. The first kappa shape index (κ1) is 20.3. The average Bonchev–Trinajstić information content (AvgIpc) is 3.39. The zero-order valence-electron chi connectivity index (χ0n) is 16.1. The normalized spacial score (nSPS) is 15.1. The number of carbonyl (C=O) groups is 2. The minimum absolute atomic E-state index is 0.0480. The van der Waals surface area contributed by atoms with E-state index in [1.54, 1.807) is 31.5 Å². The molecule has 0 fully saturated rings. The molecule has 4 rings (SSSR count). The quantitative estimate of drug-likeness (QED) is 0.460. The number of hydrogen-bond donors (Lipinski definition) is 1. The van der Waals surface area contributed by atoms with Crippen molar-refractivity contribution in [2.45, 2.75) is 19.4 Å². The highest BCUT2D eigenvalue weighted by Crippen LogP contribution is 2.41. The first-order valence-corrected chi connectivity index (χ1v) is 10.5.